The van der Waals surface area contributed by atoms with Crippen molar-refractivity contribution in [2.24, 2.45) is 11.3 Å². The first-order valence-electron chi connectivity index (χ1n) is 14.6. The van der Waals surface area contributed by atoms with Gasteiger partial charge in [-0.1, -0.05) is 78.3 Å². The Balaban J connectivity index is 2.35. The molecular weight excluding hydrogens is 556 g/mol. The van der Waals surface area contributed by atoms with Crippen LogP contribution in [0, 0.1) is 11.3 Å². The number of nitrogens with zero attached hydrogens (tertiary/aromatic N) is 2. The number of amides is 3. The summed E-state index contributed by atoms with van der Waals surface area (Å²) in [6, 6.07) is 4.56. The Bertz CT molecular complexity index is 1190. The van der Waals surface area contributed by atoms with Gasteiger partial charge in [-0.25, -0.2) is 4.79 Å². The summed E-state index contributed by atoms with van der Waals surface area (Å²) in [6.45, 7) is 15.5. The molecule has 42 heavy (non-hydrogen) atoms. The maximum Gasteiger partial charge on any atom is 0.326 e. The van der Waals surface area contributed by atoms with Crippen LogP contribution in [0.15, 0.2) is 35.9 Å². The third kappa shape index (κ3) is 8.13. The summed E-state index contributed by atoms with van der Waals surface area (Å²) >= 11 is 6.24. The van der Waals surface area contributed by atoms with Crippen LogP contribution in [-0.2, 0) is 24.6 Å². The van der Waals surface area contributed by atoms with Crippen molar-refractivity contribution >= 4 is 35.3 Å². The fourth-order valence-electron chi connectivity index (χ4n) is 5.67. The highest BCUT2D eigenvalue weighted by molar-refractivity contribution is 6.30. The van der Waals surface area contributed by atoms with Gasteiger partial charge in [-0.2, -0.15) is 0 Å². The molecule has 1 aromatic carbocycles. The molecule has 0 bridgehead atoms. The number of rotatable bonds is 11. The Kier molecular flexibility index (Phi) is 11.8. The smallest absolute Gasteiger partial charge is 0.326 e. The number of hydrogen-bond donors (Lipinski definition) is 3. The Morgan fingerprint density at radius 2 is 1.74 bits per heavy atom. The van der Waals surface area contributed by atoms with E-state index in [-0.39, 0.29) is 23.6 Å². The number of benzene rings is 1. The standard InChI is InChI=1S/C32H49ClN4O5/c1-19(2)24(17-20(3)28(39)37-16-12-15-23(37)30(41)42)36(10)29(40)26(31(4,5)6)35-27(38)25(34-9)32(7,8)21-13-11-14-22(33)18-21/h11,13-14,17-19,23-26,34H,12,15-16H2,1-10H3,(H,35,38)(H,41,42)/t23-,24+,25+,26+/m0/s1. The van der Waals surface area contributed by atoms with Crippen LogP contribution >= 0.6 is 11.6 Å². The Morgan fingerprint density at radius 1 is 1.12 bits per heavy atom. The summed E-state index contributed by atoms with van der Waals surface area (Å²) in [4.78, 5) is 55.7. The average molecular weight is 605 g/mol. The number of likely N-dealkylation sites (N-methyl/N-ethyl adjacent to an activating group) is 2. The molecule has 0 saturated carbocycles. The van der Waals surface area contributed by atoms with Gasteiger partial charge in [0.25, 0.3) is 0 Å². The lowest BCUT2D eigenvalue weighted by molar-refractivity contribution is -0.146. The maximum absolute atomic E-state index is 14.1. The molecule has 0 aromatic heterocycles. The molecule has 1 saturated heterocycles. The molecule has 10 heteroatoms. The van der Waals surface area contributed by atoms with E-state index in [1.807, 2.05) is 66.7 Å². The second kappa shape index (κ2) is 14.0. The molecule has 234 valence electrons. The van der Waals surface area contributed by atoms with Crippen molar-refractivity contribution in [1.29, 1.82) is 0 Å². The van der Waals surface area contributed by atoms with E-state index in [9.17, 15) is 24.3 Å². The van der Waals surface area contributed by atoms with E-state index in [0.717, 1.165) is 5.56 Å². The molecule has 1 heterocycles. The van der Waals surface area contributed by atoms with Gasteiger partial charge in [-0.15, -0.1) is 0 Å². The molecule has 0 radical (unpaired) electrons. The number of aliphatic carboxylic acids is 1. The molecular formula is C32H49ClN4O5. The minimum atomic E-state index is -1.01. The van der Waals surface area contributed by atoms with Crippen LogP contribution in [0.4, 0.5) is 0 Å². The van der Waals surface area contributed by atoms with Crippen LogP contribution in [0.5, 0.6) is 0 Å². The first-order chi connectivity index (χ1) is 19.3. The average Bonchev–Trinajstić information content (AvgIpc) is 3.39. The predicted octanol–water partition coefficient (Wildman–Crippen LogP) is 4.24. The highest BCUT2D eigenvalue weighted by atomic mass is 35.5. The molecule has 0 unspecified atom stereocenters. The van der Waals surface area contributed by atoms with Crippen molar-refractivity contribution < 1.29 is 24.3 Å². The van der Waals surface area contributed by atoms with Gasteiger partial charge in [-0.05, 0) is 55.8 Å². The number of carbonyl (C=O) groups is 4. The van der Waals surface area contributed by atoms with Crippen molar-refractivity contribution in [1.82, 2.24) is 20.4 Å². The lowest BCUT2D eigenvalue weighted by Crippen LogP contribution is -2.61. The van der Waals surface area contributed by atoms with Crippen molar-refractivity contribution in [3.8, 4) is 0 Å². The fourth-order valence-corrected chi connectivity index (χ4v) is 5.86. The van der Waals surface area contributed by atoms with Crippen LogP contribution in [0.2, 0.25) is 5.02 Å². The number of carboxylic acid groups (broad SMARTS) is 1. The van der Waals surface area contributed by atoms with Crippen molar-refractivity contribution in [2.75, 3.05) is 20.6 Å². The third-order valence-electron chi connectivity index (χ3n) is 8.28. The largest absolute Gasteiger partial charge is 0.480 e. The van der Waals surface area contributed by atoms with Crippen molar-refractivity contribution in [3.63, 3.8) is 0 Å². The van der Waals surface area contributed by atoms with Crippen molar-refractivity contribution in [3.05, 3.63) is 46.5 Å². The summed E-state index contributed by atoms with van der Waals surface area (Å²) in [5.74, 6) is -2.01. The molecule has 0 aliphatic carbocycles. The minimum Gasteiger partial charge on any atom is -0.480 e. The lowest BCUT2D eigenvalue weighted by atomic mass is 9.76. The zero-order valence-corrected chi connectivity index (χ0v) is 27.5. The zero-order chi connectivity index (χ0) is 32.2. The second-order valence-electron chi connectivity index (χ2n) is 13.3. The normalized spacial score (nSPS) is 18.4. The predicted molar refractivity (Wildman–Crippen MR) is 166 cm³/mol. The van der Waals surface area contributed by atoms with Gasteiger partial charge in [0.2, 0.25) is 17.7 Å². The van der Waals surface area contributed by atoms with E-state index in [4.69, 9.17) is 11.6 Å². The zero-order valence-electron chi connectivity index (χ0n) is 26.7. The number of halogens is 1. The topological polar surface area (TPSA) is 119 Å². The summed E-state index contributed by atoms with van der Waals surface area (Å²) < 4.78 is 0. The number of carbonyl (C=O) groups excluding carboxylic acids is 3. The van der Waals surface area contributed by atoms with E-state index < -0.39 is 41.0 Å². The van der Waals surface area contributed by atoms with Crippen LogP contribution < -0.4 is 10.6 Å². The van der Waals surface area contributed by atoms with E-state index in [1.54, 1.807) is 38.1 Å². The fraction of sp³-hybridized carbons (Fsp3) is 0.625. The molecule has 1 aliphatic heterocycles. The third-order valence-corrected chi connectivity index (χ3v) is 8.51. The first-order valence-corrected chi connectivity index (χ1v) is 14.9. The molecule has 1 aromatic rings. The quantitative estimate of drug-likeness (QED) is 0.325. The molecule has 9 nitrogen and oxygen atoms in total. The van der Waals surface area contributed by atoms with Gasteiger partial charge >= 0.3 is 5.97 Å². The van der Waals surface area contributed by atoms with E-state index in [2.05, 4.69) is 10.6 Å². The van der Waals surface area contributed by atoms with Crippen LogP contribution in [-0.4, -0.2) is 83.4 Å². The Labute approximate surface area is 256 Å². The van der Waals surface area contributed by atoms with Gasteiger partial charge in [0.1, 0.15) is 12.1 Å². The highest BCUT2D eigenvalue weighted by Gasteiger charge is 2.42. The van der Waals surface area contributed by atoms with E-state index >= 15 is 0 Å². The number of nitrogens with one attached hydrogen (secondary N) is 2. The molecule has 1 fully saturated rings. The Morgan fingerprint density at radius 3 is 2.24 bits per heavy atom. The molecule has 3 N–H and O–H groups in total. The van der Waals surface area contributed by atoms with Crippen LogP contribution in [0.1, 0.15) is 73.8 Å². The van der Waals surface area contributed by atoms with Crippen LogP contribution in [0.25, 0.3) is 0 Å². The van der Waals surface area contributed by atoms with E-state index in [0.29, 0.717) is 30.0 Å². The first kappa shape index (κ1) is 35.3. The van der Waals surface area contributed by atoms with Gasteiger partial charge in [0, 0.05) is 29.6 Å². The van der Waals surface area contributed by atoms with Crippen LogP contribution in [0.3, 0.4) is 0 Å². The number of likely N-dealkylation sites (tertiary alicyclic amines) is 1. The van der Waals surface area contributed by atoms with Gasteiger partial charge in [0.05, 0.1) is 12.1 Å². The number of hydrogen-bond acceptors (Lipinski definition) is 5. The maximum atomic E-state index is 14.1. The summed E-state index contributed by atoms with van der Waals surface area (Å²) in [5, 5.41) is 16.3. The molecule has 3 amide bonds. The molecule has 0 spiro atoms. The monoisotopic (exact) mass is 604 g/mol. The summed E-state index contributed by atoms with van der Waals surface area (Å²) in [6.07, 6.45) is 2.80. The second-order valence-corrected chi connectivity index (χ2v) is 13.7. The number of carboxylic acids is 1. The summed E-state index contributed by atoms with van der Waals surface area (Å²) in [5.41, 5.74) is -0.00435. The molecule has 1 aliphatic rings. The van der Waals surface area contributed by atoms with Gasteiger partial charge in [0.15, 0.2) is 0 Å². The molecule has 4 atom stereocenters. The summed E-state index contributed by atoms with van der Waals surface area (Å²) in [7, 11) is 3.39. The van der Waals surface area contributed by atoms with Gasteiger partial charge < -0.3 is 25.5 Å². The molecule has 2 rings (SSSR count). The lowest BCUT2D eigenvalue weighted by Gasteiger charge is -2.40. The van der Waals surface area contributed by atoms with Gasteiger partial charge in [-0.3, -0.25) is 14.4 Å². The van der Waals surface area contributed by atoms with E-state index in [1.165, 1.54) is 4.90 Å². The van der Waals surface area contributed by atoms with Crippen molar-refractivity contribution in [2.45, 2.75) is 97.8 Å². The Hall–Kier alpha value is -2.91. The minimum absolute atomic E-state index is 0.0568. The highest BCUT2D eigenvalue weighted by Crippen LogP contribution is 2.31. The SMILES string of the molecule is CN[C@H](C(=O)N[C@H](C(=O)N(C)[C@H](C=C(C)C(=O)N1CCC[C@H]1C(=O)O)C(C)C)C(C)(C)C)C(C)(C)c1cccc(Cl)c1.